The van der Waals surface area contributed by atoms with E-state index in [1.165, 1.54) is 66.1 Å². The highest BCUT2D eigenvalue weighted by Crippen LogP contribution is 2.46. The van der Waals surface area contributed by atoms with Gasteiger partial charge in [0, 0.05) is 65.8 Å². The molecule has 0 aliphatic rings. The molecule has 0 bridgehead atoms. The number of methoxy groups -OCH3 is 19. The minimum absolute atomic E-state index is 0.114. The van der Waals surface area contributed by atoms with Gasteiger partial charge in [-0.1, -0.05) is 150 Å². The van der Waals surface area contributed by atoms with Crippen LogP contribution < -0.4 is 111 Å². The average molecular weight is 2010 g/mol. The van der Waals surface area contributed by atoms with Crippen LogP contribution >= 0.6 is 46.4 Å². The summed E-state index contributed by atoms with van der Waals surface area (Å²) < 4.78 is 102. The Balaban J connectivity index is 0.000000211. The largest absolute Gasteiger partial charge is 0.497 e. The van der Waals surface area contributed by atoms with Crippen LogP contribution in [0.4, 0.5) is 22.7 Å². The fourth-order valence-corrected chi connectivity index (χ4v) is 15.1. The van der Waals surface area contributed by atoms with Gasteiger partial charge in [-0.2, -0.15) is 0 Å². The molecule has 0 amide bonds. The number of anilines is 4. The van der Waals surface area contributed by atoms with E-state index in [0.717, 1.165) is 44.5 Å². The smallest absolute Gasteiger partial charge is 0.203 e. The molecule has 740 valence electrons. The number of allylic oxidation sites excluding steroid dienone is 4. The molecule has 0 aliphatic heterocycles. The van der Waals surface area contributed by atoms with Crippen LogP contribution in [0.1, 0.15) is 85.9 Å². The fourth-order valence-electron chi connectivity index (χ4n) is 13.9. The maximum Gasteiger partial charge on any atom is 0.203 e. The second-order valence-corrected chi connectivity index (χ2v) is 31.0. The van der Waals surface area contributed by atoms with Crippen molar-refractivity contribution in [2.24, 2.45) is 0 Å². The Hall–Kier alpha value is -16.2. The SMILES string of the molecule is COc1cc(/C=C\c2cc(Cl)c(OC)c(N/C=C\C(=O)c3ccccc3)c2)cc(OC)c1OC.COc1ccc(C(=O)/C=C\Nc2cc(/C=C\c3cc(OC)c(OC)c(OC)c3)cc(Cl)c2OC)cc1.COc1cccc(C(=O)/C=C\Nc2cc(/C=C\c3cc(OC)c(OC)c(OC)c3)cc(Cl)c2OC)c1.COc1ccccc1C(=O)/C=C\Nc1cc(/C=C\c2cc(OC)c(OC)c(OC)c2)cc(Cl)c1OC. The average Bonchev–Trinajstić information content (AvgIpc) is 0.826. The van der Waals surface area contributed by atoms with Crippen molar-refractivity contribution < 1.29 is 109 Å². The lowest BCUT2D eigenvalue weighted by molar-refractivity contribution is 0.103. The minimum Gasteiger partial charge on any atom is -0.497 e. The number of nitrogens with one attached hydrogen (secondary N) is 4. The predicted octanol–water partition coefficient (Wildman–Crippen LogP) is 25.4. The Morgan fingerprint density at radius 1 is 0.204 bits per heavy atom. The molecular formula is C111H110Cl4N4O23. The van der Waals surface area contributed by atoms with Crippen molar-refractivity contribution in [3.05, 3.63) is 336 Å². The molecule has 0 unspecified atom stereocenters. The van der Waals surface area contributed by atoms with Crippen molar-refractivity contribution in [1.29, 1.82) is 0 Å². The number of halogens is 4. The van der Waals surface area contributed by atoms with Gasteiger partial charge in [0.15, 0.2) is 92.1 Å². The van der Waals surface area contributed by atoms with Gasteiger partial charge in [0.1, 0.15) is 17.2 Å². The topological polar surface area (TPSA) is 292 Å². The summed E-state index contributed by atoms with van der Waals surface area (Å²) in [5.74, 6) is 9.52. The highest BCUT2D eigenvalue weighted by atomic mass is 35.5. The zero-order valence-corrected chi connectivity index (χ0v) is 84.7. The first-order valence-corrected chi connectivity index (χ1v) is 44.6. The Kier molecular flexibility index (Phi) is 43.2. The lowest BCUT2D eigenvalue weighted by Crippen LogP contribution is -2.00. The van der Waals surface area contributed by atoms with Crippen molar-refractivity contribution in [1.82, 2.24) is 0 Å². The van der Waals surface area contributed by atoms with Gasteiger partial charge in [0.05, 0.1) is 183 Å². The number of benzene rings is 12. The van der Waals surface area contributed by atoms with Gasteiger partial charge in [-0.25, -0.2) is 0 Å². The minimum atomic E-state index is -0.205. The molecule has 0 saturated carbocycles. The van der Waals surface area contributed by atoms with Crippen molar-refractivity contribution in [2.45, 2.75) is 0 Å². The Morgan fingerprint density at radius 3 is 0.711 bits per heavy atom. The van der Waals surface area contributed by atoms with Crippen LogP contribution in [0.25, 0.3) is 48.6 Å². The lowest BCUT2D eigenvalue weighted by atomic mass is 10.1. The molecule has 0 fully saturated rings. The van der Waals surface area contributed by atoms with Crippen LogP contribution in [0.3, 0.4) is 0 Å². The second-order valence-electron chi connectivity index (χ2n) is 29.4. The summed E-state index contributed by atoms with van der Waals surface area (Å²) in [6, 6.07) is 59.2. The van der Waals surface area contributed by atoms with E-state index in [9.17, 15) is 19.2 Å². The number of carbonyl (C=O) groups excluding carboxylic acids is 4. The number of hydrogen-bond donors (Lipinski definition) is 4. The third-order valence-electron chi connectivity index (χ3n) is 20.8. The first kappa shape index (κ1) is 109. The first-order valence-electron chi connectivity index (χ1n) is 43.1. The number of para-hydroxylation sites is 1. The summed E-state index contributed by atoms with van der Waals surface area (Å²) in [4.78, 5) is 49.9. The molecule has 4 N–H and O–H groups in total. The van der Waals surface area contributed by atoms with Crippen LogP contribution in [0, 0.1) is 0 Å². The molecule has 142 heavy (non-hydrogen) atoms. The van der Waals surface area contributed by atoms with Gasteiger partial charge < -0.3 is 111 Å². The van der Waals surface area contributed by atoms with Crippen LogP contribution in [0.15, 0.2) is 249 Å². The Labute approximate surface area is 846 Å². The fraction of sp³-hybridized carbons (Fsp3) is 0.171. The summed E-state index contributed by atoms with van der Waals surface area (Å²) in [7, 11) is 29.6. The normalized spacial score (nSPS) is 11.0. The monoisotopic (exact) mass is 2010 g/mol. The van der Waals surface area contributed by atoms with Crippen molar-refractivity contribution in [3.8, 4) is 109 Å². The van der Waals surface area contributed by atoms with E-state index in [1.54, 1.807) is 221 Å². The van der Waals surface area contributed by atoms with Crippen molar-refractivity contribution >= 4 is 141 Å². The first-order chi connectivity index (χ1) is 68.8. The van der Waals surface area contributed by atoms with E-state index in [0.29, 0.717) is 174 Å². The molecule has 0 saturated heterocycles. The van der Waals surface area contributed by atoms with Crippen LogP contribution in [0.2, 0.25) is 20.1 Å². The quantitative estimate of drug-likeness (QED) is 0.0157. The second kappa shape index (κ2) is 56.0. The van der Waals surface area contributed by atoms with Gasteiger partial charge >= 0.3 is 0 Å². The maximum absolute atomic E-state index is 12.6. The number of ketones is 4. The van der Waals surface area contributed by atoms with Crippen molar-refractivity contribution in [2.75, 3.05) is 156 Å². The molecule has 31 heteroatoms. The molecule has 0 spiro atoms. The predicted molar refractivity (Wildman–Crippen MR) is 566 cm³/mol. The molecular weight excluding hydrogens is 1900 g/mol. The van der Waals surface area contributed by atoms with Crippen LogP contribution in [-0.2, 0) is 0 Å². The molecule has 0 aromatic heterocycles. The molecule has 0 aliphatic carbocycles. The molecule has 0 atom stereocenters. The highest BCUT2D eigenvalue weighted by Gasteiger charge is 2.21. The molecule has 0 radical (unpaired) electrons. The number of ether oxygens (including phenoxy) is 19. The van der Waals surface area contributed by atoms with E-state index < -0.39 is 0 Å². The Morgan fingerprint density at radius 2 is 0.444 bits per heavy atom. The molecule has 12 rings (SSSR count). The van der Waals surface area contributed by atoms with Gasteiger partial charge in [-0.05, 0) is 190 Å². The number of rotatable bonds is 43. The van der Waals surface area contributed by atoms with Crippen LogP contribution in [-0.4, -0.2) is 158 Å². The standard InChI is InChI=1S/3C28H28ClNO6.C27H26ClNO5/c1-32-21-10-8-20(9-11-21)24(31)12-13-30-23-15-18(14-22(29)27(23)35-4)6-7-19-16-25(33-2)28(36-5)26(17-19)34-3;1-32-21-8-6-7-20(17-21)24(31)11-12-30-23-14-18(13-22(29)27(23)35-4)9-10-19-15-25(33-2)28(36-5)26(16-19)34-3;1-32-24-9-7-6-8-20(24)23(31)12-13-30-22-15-18(14-21(29)27(22)35-4)10-11-19-16-25(33-2)28(36-5)26(17-19)34-3;1-31-24-16-19(17-25(32-2)27(24)34-4)11-10-18-14-21(28)26(33-3)22(15-18)29-13-12-23(30)20-8-6-5-7-9-20/h3*6-17,30H,1-5H3;5-17,29H,1-4H3/b7-6-,13-12-;10-9-,12-11-;2*11-10-,13-12-. The molecule has 0 heterocycles. The third-order valence-corrected chi connectivity index (χ3v) is 21.9. The summed E-state index contributed by atoms with van der Waals surface area (Å²) >= 11 is 25.8. The van der Waals surface area contributed by atoms with Gasteiger partial charge in [0.2, 0.25) is 23.0 Å². The summed E-state index contributed by atoms with van der Waals surface area (Å²) in [5, 5.41) is 14.0. The molecule has 27 nitrogen and oxygen atoms in total. The summed E-state index contributed by atoms with van der Waals surface area (Å²) in [6.45, 7) is 0. The number of carbonyl (C=O) groups is 4. The summed E-state index contributed by atoms with van der Waals surface area (Å²) in [6.07, 6.45) is 27.1. The maximum atomic E-state index is 12.6. The summed E-state index contributed by atoms with van der Waals surface area (Å²) in [5.41, 5.74) is 11.2. The van der Waals surface area contributed by atoms with E-state index in [2.05, 4.69) is 21.3 Å². The third kappa shape index (κ3) is 30.2. The molecule has 12 aromatic rings. The lowest BCUT2D eigenvalue weighted by Gasteiger charge is -2.13. The van der Waals surface area contributed by atoms with Gasteiger partial charge in [-0.3, -0.25) is 19.2 Å². The number of hydrogen-bond acceptors (Lipinski definition) is 27. The zero-order valence-electron chi connectivity index (χ0n) is 81.7. The van der Waals surface area contributed by atoms with Crippen molar-refractivity contribution in [3.63, 3.8) is 0 Å². The van der Waals surface area contributed by atoms with E-state index in [-0.39, 0.29) is 23.1 Å². The Bertz CT molecular complexity index is 6510. The van der Waals surface area contributed by atoms with E-state index >= 15 is 0 Å². The highest BCUT2D eigenvalue weighted by molar-refractivity contribution is 6.34. The van der Waals surface area contributed by atoms with E-state index in [1.807, 2.05) is 146 Å². The van der Waals surface area contributed by atoms with Gasteiger partial charge in [-0.15, -0.1) is 0 Å². The van der Waals surface area contributed by atoms with Gasteiger partial charge in [0.25, 0.3) is 0 Å². The van der Waals surface area contributed by atoms with Crippen LogP contribution in [0.5, 0.6) is 109 Å². The zero-order chi connectivity index (χ0) is 103. The van der Waals surface area contributed by atoms with E-state index in [4.69, 9.17) is 136 Å². The molecule has 12 aromatic carbocycles.